The maximum Gasteiger partial charge on any atom is 0.128 e. The molecule has 1 aliphatic rings. The quantitative estimate of drug-likeness (QED) is 0.904. The lowest BCUT2D eigenvalue weighted by Gasteiger charge is -2.31. The second kappa shape index (κ2) is 6.44. The molecule has 1 N–H and O–H groups in total. The molecular formula is C15H21F2NO. The SMILES string of the molecule is CC(NC(C)C1CCOCC1)c1cc(F)ccc1F. The minimum Gasteiger partial charge on any atom is -0.381 e. The zero-order chi connectivity index (χ0) is 13.8. The maximum absolute atomic E-state index is 13.7. The lowest BCUT2D eigenvalue weighted by Crippen LogP contribution is -2.38. The molecule has 0 radical (unpaired) electrons. The van der Waals surface area contributed by atoms with Crippen molar-refractivity contribution >= 4 is 0 Å². The van der Waals surface area contributed by atoms with Gasteiger partial charge in [-0.05, 0) is 50.8 Å². The normalized spacial score (nSPS) is 20.2. The van der Waals surface area contributed by atoms with Crippen LogP contribution in [0.25, 0.3) is 0 Å². The van der Waals surface area contributed by atoms with Gasteiger partial charge in [0.1, 0.15) is 11.6 Å². The van der Waals surface area contributed by atoms with Gasteiger partial charge in [-0.25, -0.2) is 8.78 Å². The Morgan fingerprint density at radius 2 is 1.89 bits per heavy atom. The van der Waals surface area contributed by atoms with Gasteiger partial charge in [0, 0.05) is 30.9 Å². The molecule has 2 nitrogen and oxygen atoms in total. The van der Waals surface area contributed by atoms with Crippen LogP contribution < -0.4 is 5.32 Å². The van der Waals surface area contributed by atoms with Crippen molar-refractivity contribution in [2.24, 2.45) is 5.92 Å². The summed E-state index contributed by atoms with van der Waals surface area (Å²) in [6, 6.07) is 3.66. The molecule has 1 aromatic carbocycles. The highest BCUT2D eigenvalue weighted by molar-refractivity contribution is 5.21. The van der Waals surface area contributed by atoms with Crippen molar-refractivity contribution in [3.8, 4) is 0 Å². The maximum atomic E-state index is 13.7. The predicted octanol–water partition coefficient (Wildman–Crippen LogP) is 3.43. The first-order valence-corrected chi connectivity index (χ1v) is 6.86. The van der Waals surface area contributed by atoms with E-state index in [0.29, 0.717) is 11.5 Å². The number of ether oxygens (including phenoxy) is 1. The van der Waals surface area contributed by atoms with E-state index in [9.17, 15) is 8.78 Å². The van der Waals surface area contributed by atoms with Gasteiger partial charge in [0.15, 0.2) is 0 Å². The van der Waals surface area contributed by atoms with Crippen molar-refractivity contribution in [3.05, 3.63) is 35.4 Å². The Labute approximate surface area is 113 Å². The van der Waals surface area contributed by atoms with Crippen LogP contribution in [0.1, 0.15) is 38.3 Å². The fourth-order valence-corrected chi connectivity index (χ4v) is 2.68. The average Bonchev–Trinajstić information content (AvgIpc) is 2.42. The van der Waals surface area contributed by atoms with Crippen LogP contribution in [-0.2, 0) is 4.74 Å². The summed E-state index contributed by atoms with van der Waals surface area (Å²) in [6.07, 6.45) is 2.04. The summed E-state index contributed by atoms with van der Waals surface area (Å²) in [4.78, 5) is 0. The monoisotopic (exact) mass is 269 g/mol. The van der Waals surface area contributed by atoms with E-state index in [2.05, 4.69) is 12.2 Å². The smallest absolute Gasteiger partial charge is 0.128 e. The van der Waals surface area contributed by atoms with Crippen molar-refractivity contribution in [1.82, 2.24) is 5.32 Å². The van der Waals surface area contributed by atoms with Crippen molar-refractivity contribution in [3.63, 3.8) is 0 Å². The highest BCUT2D eigenvalue weighted by Gasteiger charge is 2.22. The molecule has 0 aliphatic carbocycles. The summed E-state index contributed by atoms with van der Waals surface area (Å²) in [6.45, 7) is 5.55. The molecule has 0 bridgehead atoms. The molecule has 0 spiro atoms. The van der Waals surface area contributed by atoms with Crippen molar-refractivity contribution < 1.29 is 13.5 Å². The molecule has 1 heterocycles. The van der Waals surface area contributed by atoms with Crippen LogP contribution in [0, 0.1) is 17.6 Å². The van der Waals surface area contributed by atoms with E-state index in [1.807, 2.05) is 6.92 Å². The largest absolute Gasteiger partial charge is 0.381 e. The average molecular weight is 269 g/mol. The van der Waals surface area contributed by atoms with Crippen molar-refractivity contribution in [1.29, 1.82) is 0 Å². The van der Waals surface area contributed by atoms with Gasteiger partial charge >= 0.3 is 0 Å². The Kier molecular flexibility index (Phi) is 4.88. The molecule has 106 valence electrons. The van der Waals surface area contributed by atoms with E-state index >= 15 is 0 Å². The number of benzene rings is 1. The molecule has 1 aliphatic heterocycles. The summed E-state index contributed by atoms with van der Waals surface area (Å²) in [5.41, 5.74) is 0.388. The molecule has 0 aromatic heterocycles. The van der Waals surface area contributed by atoms with Crippen LogP contribution >= 0.6 is 0 Å². The van der Waals surface area contributed by atoms with Crippen LogP contribution in [0.2, 0.25) is 0 Å². The van der Waals surface area contributed by atoms with Gasteiger partial charge in [0.2, 0.25) is 0 Å². The highest BCUT2D eigenvalue weighted by Crippen LogP contribution is 2.23. The zero-order valence-corrected chi connectivity index (χ0v) is 11.5. The Hall–Kier alpha value is -1.00. The third kappa shape index (κ3) is 3.74. The molecule has 2 unspecified atom stereocenters. The van der Waals surface area contributed by atoms with Crippen LogP contribution in [0.15, 0.2) is 18.2 Å². The number of halogens is 2. The van der Waals surface area contributed by atoms with E-state index in [0.717, 1.165) is 32.1 Å². The number of rotatable bonds is 4. The fraction of sp³-hybridized carbons (Fsp3) is 0.600. The first-order chi connectivity index (χ1) is 9.08. The highest BCUT2D eigenvalue weighted by atomic mass is 19.1. The van der Waals surface area contributed by atoms with Crippen LogP contribution in [0.3, 0.4) is 0 Å². The Balaban J connectivity index is 1.99. The Morgan fingerprint density at radius 3 is 2.58 bits per heavy atom. The molecule has 2 rings (SSSR count). The molecule has 1 aromatic rings. The topological polar surface area (TPSA) is 21.3 Å². The van der Waals surface area contributed by atoms with Gasteiger partial charge in [-0.3, -0.25) is 0 Å². The molecule has 1 saturated heterocycles. The second-order valence-electron chi connectivity index (χ2n) is 5.29. The standard InChI is InChI=1S/C15H21F2NO/c1-10(12-5-7-19-8-6-12)18-11(2)14-9-13(16)3-4-15(14)17/h3-4,9-12,18H,5-8H2,1-2H3. The number of hydrogen-bond acceptors (Lipinski definition) is 2. The van der Waals surface area contributed by atoms with E-state index in [1.165, 1.54) is 12.1 Å². The van der Waals surface area contributed by atoms with Crippen molar-refractivity contribution in [2.45, 2.75) is 38.8 Å². The number of hydrogen-bond donors (Lipinski definition) is 1. The molecule has 4 heteroatoms. The summed E-state index contributed by atoms with van der Waals surface area (Å²) >= 11 is 0. The van der Waals surface area contributed by atoms with Crippen LogP contribution in [-0.4, -0.2) is 19.3 Å². The zero-order valence-electron chi connectivity index (χ0n) is 11.5. The second-order valence-corrected chi connectivity index (χ2v) is 5.29. The van der Waals surface area contributed by atoms with E-state index in [-0.39, 0.29) is 17.9 Å². The minimum atomic E-state index is -0.399. The summed E-state index contributed by atoms with van der Waals surface area (Å²) in [5.74, 6) is -0.225. The van der Waals surface area contributed by atoms with Gasteiger partial charge in [0.05, 0.1) is 0 Å². The van der Waals surface area contributed by atoms with E-state index in [1.54, 1.807) is 0 Å². The van der Waals surface area contributed by atoms with Gasteiger partial charge in [-0.2, -0.15) is 0 Å². The third-order valence-corrected chi connectivity index (χ3v) is 3.91. The third-order valence-electron chi connectivity index (χ3n) is 3.91. The minimum absolute atomic E-state index is 0.200. The van der Waals surface area contributed by atoms with Gasteiger partial charge < -0.3 is 10.1 Å². The van der Waals surface area contributed by atoms with Gasteiger partial charge in [-0.15, -0.1) is 0 Å². The van der Waals surface area contributed by atoms with E-state index < -0.39 is 5.82 Å². The Bertz CT molecular complexity index is 419. The first-order valence-electron chi connectivity index (χ1n) is 6.86. The fourth-order valence-electron chi connectivity index (χ4n) is 2.68. The molecule has 0 saturated carbocycles. The van der Waals surface area contributed by atoms with Crippen LogP contribution in [0.5, 0.6) is 0 Å². The van der Waals surface area contributed by atoms with Crippen molar-refractivity contribution in [2.75, 3.05) is 13.2 Å². The predicted molar refractivity (Wildman–Crippen MR) is 70.9 cm³/mol. The summed E-state index contributed by atoms with van der Waals surface area (Å²) in [7, 11) is 0. The molecule has 2 atom stereocenters. The molecule has 19 heavy (non-hydrogen) atoms. The lowest BCUT2D eigenvalue weighted by molar-refractivity contribution is 0.0546. The van der Waals surface area contributed by atoms with Gasteiger partial charge in [-0.1, -0.05) is 0 Å². The summed E-state index contributed by atoms with van der Waals surface area (Å²) in [5, 5.41) is 3.37. The molecule has 0 amide bonds. The Morgan fingerprint density at radius 1 is 1.21 bits per heavy atom. The lowest BCUT2D eigenvalue weighted by atomic mass is 9.92. The first kappa shape index (κ1) is 14.4. The molecular weight excluding hydrogens is 248 g/mol. The number of nitrogens with one attached hydrogen (secondary N) is 1. The summed E-state index contributed by atoms with van der Waals surface area (Å²) < 4.78 is 32.2. The van der Waals surface area contributed by atoms with Gasteiger partial charge in [0.25, 0.3) is 0 Å². The molecule has 1 fully saturated rings. The van der Waals surface area contributed by atoms with Crippen LogP contribution in [0.4, 0.5) is 8.78 Å². The van der Waals surface area contributed by atoms with E-state index in [4.69, 9.17) is 4.74 Å².